The van der Waals surface area contributed by atoms with Crippen molar-refractivity contribution in [2.75, 3.05) is 13.7 Å². The lowest BCUT2D eigenvalue weighted by Gasteiger charge is -2.25. The maximum atomic E-state index is 9.87. The largest absolute Gasteiger partial charge is 0.496 e. The first-order chi connectivity index (χ1) is 18.7. The van der Waals surface area contributed by atoms with E-state index in [0.29, 0.717) is 0 Å². The molecule has 0 aliphatic rings. The Morgan fingerprint density at radius 1 is 0.842 bits per heavy atom. The predicted octanol–water partition coefficient (Wildman–Crippen LogP) is 7.32. The van der Waals surface area contributed by atoms with Gasteiger partial charge in [-0.3, -0.25) is 4.90 Å². The summed E-state index contributed by atoms with van der Waals surface area (Å²) in [7, 11) is 1.65. The second kappa shape index (κ2) is 13.9. The number of aromatic nitrogens is 2. The minimum absolute atomic E-state index is 0.0334. The van der Waals surface area contributed by atoms with Crippen LogP contribution in [-0.4, -0.2) is 33.2 Å². The van der Waals surface area contributed by atoms with Crippen molar-refractivity contribution in [2.45, 2.75) is 65.8 Å². The van der Waals surface area contributed by atoms with Gasteiger partial charge in [-0.15, -0.1) is 0 Å². The number of methoxy groups -OCH3 is 1. The zero-order valence-corrected chi connectivity index (χ0v) is 23.1. The van der Waals surface area contributed by atoms with E-state index >= 15 is 0 Å². The van der Waals surface area contributed by atoms with Gasteiger partial charge in [0.2, 0.25) is 0 Å². The maximum Gasteiger partial charge on any atom is 0.140 e. The lowest BCUT2D eigenvalue weighted by molar-refractivity contribution is 0.245. The van der Waals surface area contributed by atoms with Crippen LogP contribution >= 0.6 is 0 Å². The van der Waals surface area contributed by atoms with E-state index in [1.165, 1.54) is 11.3 Å². The van der Waals surface area contributed by atoms with Crippen LogP contribution in [0.15, 0.2) is 78.9 Å². The Bertz CT molecular complexity index is 1270. The van der Waals surface area contributed by atoms with Gasteiger partial charge in [-0.25, -0.2) is 4.98 Å². The first-order valence-corrected chi connectivity index (χ1v) is 13.9. The minimum Gasteiger partial charge on any atom is -0.496 e. The van der Waals surface area contributed by atoms with E-state index in [2.05, 4.69) is 96.1 Å². The van der Waals surface area contributed by atoms with Crippen molar-refractivity contribution in [3.05, 3.63) is 95.7 Å². The molecule has 5 nitrogen and oxygen atoms in total. The van der Waals surface area contributed by atoms with Gasteiger partial charge in [0.25, 0.3) is 0 Å². The van der Waals surface area contributed by atoms with Crippen molar-refractivity contribution in [3.8, 4) is 28.4 Å². The zero-order valence-electron chi connectivity index (χ0n) is 23.1. The Hall–Kier alpha value is -3.41. The molecule has 0 saturated carbocycles. The van der Waals surface area contributed by atoms with Gasteiger partial charge in [0.05, 0.1) is 25.1 Å². The molecule has 0 unspecified atom stereocenters. The van der Waals surface area contributed by atoms with Crippen molar-refractivity contribution in [3.63, 3.8) is 0 Å². The molecule has 0 aliphatic heterocycles. The summed E-state index contributed by atoms with van der Waals surface area (Å²) >= 11 is 0. The van der Waals surface area contributed by atoms with Crippen LogP contribution in [0.2, 0.25) is 0 Å². The highest BCUT2D eigenvalue weighted by Gasteiger charge is 2.22. The normalized spacial score (nSPS) is 11.3. The number of imidazole rings is 1. The fourth-order valence-corrected chi connectivity index (χ4v) is 4.96. The molecule has 4 aromatic rings. The molecule has 0 saturated heterocycles. The Labute approximate surface area is 227 Å². The number of unbranched alkanes of at least 4 members (excludes halogenated alkanes) is 2. The van der Waals surface area contributed by atoms with E-state index in [1.54, 1.807) is 7.11 Å². The van der Waals surface area contributed by atoms with Crippen LogP contribution in [-0.2, 0) is 26.2 Å². The third-order valence-electron chi connectivity index (χ3n) is 7.01. The van der Waals surface area contributed by atoms with Gasteiger partial charge < -0.3 is 14.4 Å². The molecule has 5 heteroatoms. The Morgan fingerprint density at radius 2 is 1.53 bits per heavy atom. The number of hydrogen-bond donors (Lipinski definition) is 1. The SMILES string of the molecule is CCCCN(Cc1ccc(OC)c(CO)c1)Cc1c(-c2ccccc2)nc(-c2ccccc2)n1CCCC. The van der Waals surface area contributed by atoms with Gasteiger partial charge in [0, 0.05) is 36.3 Å². The summed E-state index contributed by atoms with van der Waals surface area (Å²) in [5.41, 5.74) is 6.62. The van der Waals surface area contributed by atoms with E-state index in [-0.39, 0.29) is 6.61 Å². The average Bonchev–Trinajstić information content (AvgIpc) is 3.33. The number of ether oxygens (including phenoxy) is 1. The van der Waals surface area contributed by atoms with Gasteiger partial charge in [-0.2, -0.15) is 0 Å². The van der Waals surface area contributed by atoms with Crippen LogP contribution in [0.1, 0.15) is 56.4 Å². The van der Waals surface area contributed by atoms with Crippen molar-refractivity contribution >= 4 is 0 Å². The molecule has 0 amide bonds. The Balaban J connectivity index is 1.78. The second-order valence-corrected chi connectivity index (χ2v) is 9.84. The lowest BCUT2D eigenvalue weighted by atomic mass is 10.1. The first-order valence-electron chi connectivity index (χ1n) is 13.9. The van der Waals surface area contributed by atoms with Crippen LogP contribution in [0.4, 0.5) is 0 Å². The number of benzene rings is 3. The van der Waals surface area contributed by atoms with Gasteiger partial charge >= 0.3 is 0 Å². The third kappa shape index (κ3) is 6.72. The van der Waals surface area contributed by atoms with Gasteiger partial charge in [-0.05, 0) is 37.1 Å². The fourth-order valence-electron chi connectivity index (χ4n) is 4.96. The van der Waals surface area contributed by atoms with Crippen LogP contribution < -0.4 is 4.74 Å². The monoisotopic (exact) mass is 511 g/mol. The van der Waals surface area contributed by atoms with Crippen molar-refractivity contribution in [2.24, 2.45) is 0 Å². The summed E-state index contributed by atoms with van der Waals surface area (Å²) in [6.45, 7) is 7.98. The molecule has 4 rings (SSSR count). The number of rotatable bonds is 14. The summed E-state index contributed by atoms with van der Waals surface area (Å²) in [5.74, 6) is 1.77. The highest BCUT2D eigenvalue weighted by atomic mass is 16.5. The molecule has 0 aliphatic carbocycles. The van der Waals surface area contributed by atoms with Crippen molar-refractivity contribution < 1.29 is 9.84 Å². The molecule has 0 atom stereocenters. The quantitative estimate of drug-likeness (QED) is 0.193. The van der Waals surface area contributed by atoms with Crippen LogP contribution in [0.25, 0.3) is 22.6 Å². The Morgan fingerprint density at radius 3 is 2.16 bits per heavy atom. The number of aliphatic hydroxyl groups is 1. The summed E-state index contributed by atoms with van der Waals surface area (Å²) in [6.07, 6.45) is 4.49. The van der Waals surface area contributed by atoms with Crippen molar-refractivity contribution in [1.82, 2.24) is 14.5 Å². The van der Waals surface area contributed by atoms with Crippen LogP contribution in [0, 0.1) is 0 Å². The first kappa shape index (κ1) is 27.6. The lowest BCUT2D eigenvalue weighted by Crippen LogP contribution is -2.26. The molecule has 0 bridgehead atoms. The van der Waals surface area contributed by atoms with E-state index < -0.39 is 0 Å². The molecule has 0 spiro atoms. The standard InChI is InChI=1S/C33H41N3O2/c1-4-6-20-35(23-26-18-19-31(38-3)29(22-26)25-37)24-30-32(27-14-10-8-11-15-27)34-33(36(30)21-7-5-2)28-16-12-9-13-17-28/h8-19,22,37H,4-7,20-21,23-25H2,1-3H3. The predicted molar refractivity (Wildman–Crippen MR) is 156 cm³/mol. The highest BCUT2D eigenvalue weighted by molar-refractivity contribution is 5.68. The average molecular weight is 512 g/mol. The second-order valence-electron chi connectivity index (χ2n) is 9.84. The molecule has 0 radical (unpaired) electrons. The molecular formula is C33H41N3O2. The van der Waals surface area contributed by atoms with Gasteiger partial charge in [-0.1, -0.05) is 93.4 Å². The molecular weight excluding hydrogens is 470 g/mol. The van der Waals surface area contributed by atoms with E-state index in [4.69, 9.17) is 9.72 Å². The Kier molecular flexibility index (Phi) is 10.1. The zero-order chi connectivity index (χ0) is 26.7. The molecule has 3 aromatic carbocycles. The summed E-state index contributed by atoms with van der Waals surface area (Å²) < 4.78 is 7.89. The molecule has 0 fully saturated rings. The third-order valence-corrected chi connectivity index (χ3v) is 7.01. The number of aliphatic hydroxyl groups excluding tert-OH is 1. The number of nitrogens with zero attached hydrogens (tertiary/aromatic N) is 3. The summed E-state index contributed by atoms with van der Waals surface area (Å²) in [5, 5.41) is 9.87. The molecule has 1 N–H and O–H groups in total. The topological polar surface area (TPSA) is 50.5 Å². The smallest absolute Gasteiger partial charge is 0.140 e. The maximum absolute atomic E-state index is 9.87. The van der Waals surface area contributed by atoms with Gasteiger partial charge in [0.1, 0.15) is 11.6 Å². The summed E-state index contributed by atoms with van der Waals surface area (Å²) in [4.78, 5) is 7.80. The van der Waals surface area contributed by atoms with E-state index in [1.807, 2.05) is 6.07 Å². The van der Waals surface area contributed by atoms with Crippen LogP contribution in [0.5, 0.6) is 5.75 Å². The molecule has 1 aromatic heterocycles. The molecule has 200 valence electrons. The van der Waals surface area contributed by atoms with Gasteiger partial charge in [0.15, 0.2) is 0 Å². The fraction of sp³-hybridized carbons (Fsp3) is 0.364. The number of hydrogen-bond acceptors (Lipinski definition) is 4. The molecule has 1 heterocycles. The van der Waals surface area contributed by atoms with Crippen LogP contribution in [0.3, 0.4) is 0 Å². The van der Waals surface area contributed by atoms with E-state index in [0.717, 1.165) is 85.8 Å². The summed E-state index contributed by atoms with van der Waals surface area (Å²) in [6, 6.07) is 27.3. The minimum atomic E-state index is -0.0334. The van der Waals surface area contributed by atoms with Crippen molar-refractivity contribution in [1.29, 1.82) is 0 Å². The van der Waals surface area contributed by atoms with E-state index in [9.17, 15) is 5.11 Å². The molecule has 38 heavy (non-hydrogen) atoms. The highest BCUT2D eigenvalue weighted by Crippen LogP contribution is 2.31.